The molecule has 1 aromatic heterocycles. The largest absolute Gasteiger partial charge is 0.508 e. The van der Waals surface area contributed by atoms with E-state index in [2.05, 4.69) is 15.1 Å². The van der Waals surface area contributed by atoms with Gasteiger partial charge in [-0.3, -0.25) is 4.90 Å². The van der Waals surface area contributed by atoms with Crippen molar-refractivity contribution in [1.29, 1.82) is 0 Å². The highest BCUT2D eigenvalue weighted by molar-refractivity contribution is 6.05. The van der Waals surface area contributed by atoms with Crippen molar-refractivity contribution in [2.45, 2.75) is 94.0 Å². The van der Waals surface area contributed by atoms with Gasteiger partial charge in [-0.1, -0.05) is 18.6 Å². The molecule has 50 heavy (non-hydrogen) atoms. The Morgan fingerprint density at radius 1 is 1.04 bits per heavy atom. The van der Waals surface area contributed by atoms with Crippen LogP contribution in [0.4, 0.5) is 19.0 Å². The monoisotopic (exact) mass is 683 g/mol. The highest BCUT2D eigenvalue weighted by atomic mass is 19.1. The lowest BCUT2D eigenvalue weighted by atomic mass is 9.65. The van der Waals surface area contributed by atoms with Crippen molar-refractivity contribution in [3.05, 3.63) is 47.0 Å². The highest BCUT2D eigenvalue weighted by Crippen LogP contribution is 2.57. The Morgan fingerprint density at radius 2 is 1.94 bits per heavy atom. The van der Waals surface area contributed by atoms with Crippen LogP contribution in [0.2, 0.25) is 0 Å². The van der Waals surface area contributed by atoms with E-state index in [-0.39, 0.29) is 76.3 Å². The molecule has 0 amide bonds. The number of aromatic hydroxyl groups is 1. The van der Waals surface area contributed by atoms with Crippen molar-refractivity contribution in [2.75, 3.05) is 37.7 Å². The fourth-order valence-electron chi connectivity index (χ4n) is 11.2. The topological polar surface area (TPSA) is 83.0 Å². The van der Waals surface area contributed by atoms with Crippen molar-refractivity contribution >= 4 is 27.5 Å². The number of rotatable bonds is 4. The Kier molecular flexibility index (Phi) is 6.19. The van der Waals surface area contributed by atoms with Gasteiger partial charge in [0.25, 0.3) is 0 Å². The second-order valence-electron chi connectivity index (χ2n) is 16.3. The molecule has 3 unspecified atom stereocenters. The van der Waals surface area contributed by atoms with Crippen LogP contribution in [0.5, 0.6) is 17.5 Å². The predicted octanol–water partition coefficient (Wildman–Crippen LogP) is 6.36. The van der Waals surface area contributed by atoms with Crippen LogP contribution >= 0.6 is 0 Å². The Morgan fingerprint density at radius 3 is 2.80 bits per heavy atom. The SMILES string of the molecule is Oc1cc(-c2c(F)c3c4c(nc(OC[C@]56C[C@@H](F)CN5CC5(CCC5)C6)nc4c2F)N2CC4CCC(N4)C2CO3)c2c3c(ccc2c1)CCC3. The van der Waals surface area contributed by atoms with E-state index >= 15 is 8.78 Å². The van der Waals surface area contributed by atoms with Gasteiger partial charge in [0, 0.05) is 38.1 Å². The fourth-order valence-corrected chi connectivity index (χ4v) is 11.2. The van der Waals surface area contributed by atoms with Crippen molar-refractivity contribution in [3.63, 3.8) is 0 Å². The summed E-state index contributed by atoms with van der Waals surface area (Å²) in [4.78, 5) is 14.0. The zero-order chi connectivity index (χ0) is 33.5. The van der Waals surface area contributed by atoms with Gasteiger partial charge >= 0.3 is 6.01 Å². The first kappa shape index (κ1) is 29.9. The molecule has 260 valence electrons. The third-order valence-corrected chi connectivity index (χ3v) is 13.4. The lowest BCUT2D eigenvalue weighted by Gasteiger charge is -2.40. The number of nitrogens with zero attached hydrogens (tertiary/aromatic N) is 4. The predicted molar refractivity (Wildman–Crippen MR) is 183 cm³/mol. The van der Waals surface area contributed by atoms with Crippen LogP contribution in [0, 0.1) is 17.0 Å². The zero-order valence-corrected chi connectivity index (χ0v) is 27.9. The van der Waals surface area contributed by atoms with Gasteiger partial charge in [0.1, 0.15) is 36.5 Å². The molecule has 2 N–H and O–H groups in total. The number of hydrogen-bond donors (Lipinski definition) is 2. The first-order valence-electron chi connectivity index (χ1n) is 18.5. The first-order chi connectivity index (χ1) is 24.3. The van der Waals surface area contributed by atoms with Gasteiger partial charge in [0.05, 0.1) is 22.5 Å². The van der Waals surface area contributed by atoms with E-state index in [1.165, 1.54) is 12.5 Å². The number of nitrogens with one attached hydrogen (secondary N) is 1. The number of alkyl halides is 1. The van der Waals surface area contributed by atoms with E-state index in [0.717, 1.165) is 79.8 Å². The average molecular weight is 684 g/mol. The Labute approximate surface area is 288 Å². The molecular weight excluding hydrogens is 643 g/mol. The summed E-state index contributed by atoms with van der Waals surface area (Å²) < 4.78 is 62.3. The number of aryl methyl sites for hydroxylation is 2. The van der Waals surface area contributed by atoms with E-state index in [9.17, 15) is 9.50 Å². The van der Waals surface area contributed by atoms with Gasteiger partial charge in [-0.25, -0.2) is 13.2 Å². The number of piperazine rings is 1. The second-order valence-corrected chi connectivity index (χ2v) is 16.3. The van der Waals surface area contributed by atoms with Gasteiger partial charge in [-0.2, -0.15) is 9.97 Å². The van der Waals surface area contributed by atoms with Crippen molar-refractivity contribution in [2.24, 2.45) is 5.41 Å². The van der Waals surface area contributed by atoms with Crippen LogP contribution in [0.3, 0.4) is 0 Å². The molecule has 11 rings (SSSR count). The molecule has 5 fully saturated rings. The van der Waals surface area contributed by atoms with E-state index < -0.39 is 23.3 Å². The molecule has 4 aromatic rings. The lowest BCUT2D eigenvalue weighted by molar-refractivity contribution is 0.104. The summed E-state index contributed by atoms with van der Waals surface area (Å²) in [5.74, 6) is -1.39. The molecule has 4 saturated heterocycles. The van der Waals surface area contributed by atoms with Crippen LogP contribution in [-0.4, -0.2) is 82.7 Å². The molecule has 3 aromatic carbocycles. The molecule has 11 heteroatoms. The maximum Gasteiger partial charge on any atom is 0.319 e. The highest BCUT2D eigenvalue weighted by Gasteiger charge is 2.60. The van der Waals surface area contributed by atoms with Gasteiger partial charge in [0.15, 0.2) is 17.4 Å². The smallest absolute Gasteiger partial charge is 0.319 e. The Balaban J connectivity index is 1.10. The normalized spacial score (nSPS) is 30.3. The number of hydrogen-bond acceptors (Lipinski definition) is 8. The molecule has 6 heterocycles. The molecule has 8 nitrogen and oxygen atoms in total. The van der Waals surface area contributed by atoms with Crippen LogP contribution in [-0.2, 0) is 12.8 Å². The standard InChI is InChI=1S/C39H40F3N5O3/c40-22-13-39(17-38(9-2-10-38)18-46(39)14-22)19-50-37-44-34-31-35(49-16-28-27-8-7-23(43-27)15-47(28)36(31)45-37)33(42)30(32(34)41)26-12-24(48)11-21-6-5-20-3-1-4-25(20)29(21)26/h5-6,11-12,22-23,27-28,43,48H,1-4,7-10,13-19H2/t22-,23?,27?,28?,39-/m1/s1. The maximum absolute atomic E-state index is 17.4. The van der Waals surface area contributed by atoms with Gasteiger partial charge in [0.2, 0.25) is 0 Å². The van der Waals surface area contributed by atoms with Crippen LogP contribution < -0.4 is 19.7 Å². The molecule has 2 bridgehead atoms. The number of phenols is 1. The van der Waals surface area contributed by atoms with Crippen molar-refractivity contribution < 1.29 is 27.8 Å². The average Bonchev–Trinajstić information content (AvgIpc) is 3.83. The number of anilines is 1. The third-order valence-electron chi connectivity index (χ3n) is 13.4. The molecule has 5 atom stereocenters. The number of aromatic nitrogens is 2. The minimum atomic E-state index is -0.920. The summed E-state index contributed by atoms with van der Waals surface area (Å²) in [6.45, 7) is 2.31. The van der Waals surface area contributed by atoms with E-state index in [1.807, 2.05) is 12.1 Å². The van der Waals surface area contributed by atoms with Gasteiger partial charge < -0.3 is 24.8 Å². The quantitative estimate of drug-likeness (QED) is 0.257. The second kappa shape index (κ2) is 10.4. The molecule has 5 aliphatic heterocycles. The lowest BCUT2D eigenvalue weighted by Crippen LogP contribution is -2.60. The number of benzene rings is 3. The molecule has 1 spiro atoms. The number of fused-ring (bicyclic) bond motifs is 9. The summed E-state index contributed by atoms with van der Waals surface area (Å²) in [7, 11) is 0. The maximum atomic E-state index is 17.4. The Bertz CT molecular complexity index is 2130. The van der Waals surface area contributed by atoms with Crippen molar-refractivity contribution in [1.82, 2.24) is 20.2 Å². The van der Waals surface area contributed by atoms with Gasteiger partial charge in [-0.05, 0) is 96.4 Å². The van der Waals surface area contributed by atoms with E-state index in [0.29, 0.717) is 25.3 Å². The minimum absolute atomic E-state index is 0.00860. The van der Waals surface area contributed by atoms with Gasteiger partial charge in [-0.15, -0.1) is 0 Å². The fraction of sp³-hybridized carbons (Fsp3) is 0.538. The zero-order valence-electron chi connectivity index (χ0n) is 27.9. The summed E-state index contributed by atoms with van der Waals surface area (Å²) in [6, 6.07) is 7.28. The van der Waals surface area contributed by atoms with E-state index in [4.69, 9.17) is 19.4 Å². The van der Waals surface area contributed by atoms with Crippen LogP contribution in [0.1, 0.15) is 62.5 Å². The number of halogens is 3. The number of ether oxygens (including phenoxy) is 2. The minimum Gasteiger partial charge on any atom is -0.508 e. The van der Waals surface area contributed by atoms with Crippen molar-refractivity contribution in [3.8, 4) is 28.6 Å². The Hall–Kier alpha value is -3.83. The molecule has 0 radical (unpaired) electrons. The number of phenolic OH excluding ortho intramolecular Hbond substituents is 1. The van der Waals surface area contributed by atoms with Crippen LogP contribution in [0.25, 0.3) is 32.8 Å². The molecule has 2 aliphatic carbocycles. The third kappa shape index (κ3) is 4.13. The summed E-state index contributed by atoms with van der Waals surface area (Å²) in [5, 5.41) is 16.2. The summed E-state index contributed by atoms with van der Waals surface area (Å²) in [6.07, 6.45) is 8.47. The summed E-state index contributed by atoms with van der Waals surface area (Å²) in [5.41, 5.74) is 1.93. The molecular formula is C39H40F3N5O3. The molecule has 1 saturated carbocycles. The summed E-state index contributed by atoms with van der Waals surface area (Å²) >= 11 is 0. The van der Waals surface area contributed by atoms with E-state index in [1.54, 1.807) is 6.07 Å². The first-order valence-corrected chi connectivity index (χ1v) is 18.5. The molecule has 7 aliphatic rings. The van der Waals surface area contributed by atoms with Crippen LogP contribution in [0.15, 0.2) is 24.3 Å².